The quantitative estimate of drug-likeness (QED) is 0.832. The zero-order chi connectivity index (χ0) is 11.3. The average Bonchev–Trinajstić information content (AvgIpc) is 2.18. The van der Waals surface area contributed by atoms with Crippen LogP contribution >= 0.6 is 11.8 Å². The van der Waals surface area contributed by atoms with Crippen molar-refractivity contribution in [1.82, 2.24) is 0 Å². The first kappa shape index (κ1) is 11.8. The van der Waals surface area contributed by atoms with Crippen molar-refractivity contribution in [2.45, 2.75) is 12.2 Å². The van der Waals surface area contributed by atoms with Crippen LogP contribution in [0.2, 0.25) is 0 Å². The molecule has 0 amide bonds. The van der Waals surface area contributed by atoms with Crippen LogP contribution < -0.4 is 0 Å². The fraction of sp³-hybridized carbons (Fsp3) is 0.273. The Morgan fingerprint density at radius 2 is 1.93 bits per heavy atom. The number of hydrogen-bond donors (Lipinski definition) is 1. The first-order valence-electron chi connectivity index (χ1n) is 4.50. The van der Waals surface area contributed by atoms with Gasteiger partial charge < -0.3 is 5.11 Å². The van der Waals surface area contributed by atoms with E-state index in [1.807, 2.05) is 6.07 Å². The van der Waals surface area contributed by atoms with Crippen LogP contribution in [0.1, 0.15) is 17.7 Å². The van der Waals surface area contributed by atoms with Gasteiger partial charge in [0.25, 0.3) is 0 Å². The molecule has 1 aromatic carbocycles. The molecule has 0 aromatic heterocycles. The summed E-state index contributed by atoms with van der Waals surface area (Å²) in [7, 11) is 0. The zero-order valence-corrected chi connectivity index (χ0v) is 9.16. The highest BCUT2D eigenvalue weighted by molar-refractivity contribution is 8.00. The second-order valence-electron chi connectivity index (χ2n) is 3.14. The number of hydrogen-bond acceptors (Lipinski definition) is 3. The van der Waals surface area contributed by atoms with Gasteiger partial charge >= 0.3 is 5.97 Å². The molecule has 1 atom stereocenters. The van der Waals surface area contributed by atoms with Crippen LogP contribution in [-0.4, -0.2) is 22.6 Å². The van der Waals surface area contributed by atoms with Crippen molar-refractivity contribution in [3.63, 3.8) is 0 Å². The normalized spacial score (nSPS) is 12.1. The average molecular weight is 224 g/mol. The monoisotopic (exact) mass is 224 g/mol. The minimum absolute atomic E-state index is 0.0119. The van der Waals surface area contributed by atoms with Crippen molar-refractivity contribution < 1.29 is 14.7 Å². The van der Waals surface area contributed by atoms with E-state index in [4.69, 9.17) is 5.11 Å². The second-order valence-corrected chi connectivity index (χ2v) is 4.24. The predicted octanol–water partition coefficient (Wildman–Crippen LogP) is 2.13. The molecule has 1 unspecified atom stereocenters. The fourth-order valence-corrected chi connectivity index (χ4v) is 2.03. The van der Waals surface area contributed by atoms with Gasteiger partial charge in [-0.15, -0.1) is 11.8 Å². The van der Waals surface area contributed by atoms with E-state index in [2.05, 4.69) is 0 Å². The maximum Gasteiger partial charge on any atom is 0.321 e. The van der Waals surface area contributed by atoms with Crippen LogP contribution in [0.3, 0.4) is 0 Å². The largest absolute Gasteiger partial charge is 0.480 e. The number of benzene rings is 1. The SMILES string of the molecule is CC(=O)CSC(C(=O)O)c1ccccc1. The van der Waals surface area contributed by atoms with E-state index in [0.717, 1.165) is 17.3 Å². The summed E-state index contributed by atoms with van der Waals surface area (Å²) in [5.74, 6) is -0.694. The summed E-state index contributed by atoms with van der Waals surface area (Å²) in [6.07, 6.45) is 0. The molecule has 0 fully saturated rings. The Morgan fingerprint density at radius 1 is 1.33 bits per heavy atom. The van der Waals surface area contributed by atoms with Gasteiger partial charge in [0, 0.05) is 0 Å². The highest BCUT2D eigenvalue weighted by Gasteiger charge is 2.20. The van der Waals surface area contributed by atoms with Crippen LogP contribution in [-0.2, 0) is 9.59 Å². The van der Waals surface area contributed by atoms with Crippen LogP contribution in [0.5, 0.6) is 0 Å². The van der Waals surface area contributed by atoms with Crippen molar-refractivity contribution in [2.75, 3.05) is 5.75 Å². The molecule has 3 nitrogen and oxygen atoms in total. The molecule has 4 heteroatoms. The van der Waals surface area contributed by atoms with Gasteiger partial charge in [0.1, 0.15) is 11.0 Å². The molecule has 1 aromatic rings. The van der Waals surface area contributed by atoms with E-state index in [1.165, 1.54) is 6.92 Å². The minimum atomic E-state index is -0.910. The number of rotatable bonds is 5. The van der Waals surface area contributed by atoms with Crippen molar-refractivity contribution >= 4 is 23.5 Å². The van der Waals surface area contributed by atoms with Crippen LogP contribution in [0.25, 0.3) is 0 Å². The van der Waals surface area contributed by atoms with Crippen molar-refractivity contribution in [3.05, 3.63) is 35.9 Å². The Labute approximate surface area is 92.5 Å². The maximum absolute atomic E-state index is 11.0. The van der Waals surface area contributed by atoms with Gasteiger partial charge in [0.2, 0.25) is 0 Å². The minimum Gasteiger partial charge on any atom is -0.480 e. The predicted molar refractivity (Wildman–Crippen MR) is 60.0 cm³/mol. The standard InChI is InChI=1S/C11H12O3S/c1-8(12)7-15-10(11(13)14)9-5-3-2-4-6-9/h2-6,10H,7H2,1H3,(H,13,14). The molecule has 0 aliphatic carbocycles. The summed E-state index contributed by atoms with van der Waals surface area (Å²) in [5.41, 5.74) is 0.719. The zero-order valence-electron chi connectivity index (χ0n) is 8.34. The highest BCUT2D eigenvalue weighted by atomic mass is 32.2. The summed E-state index contributed by atoms with van der Waals surface area (Å²) < 4.78 is 0. The van der Waals surface area contributed by atoms with E-state index in [9.17, 15) is 9.59 Å². The molecule has 0 saturated carbocycles. The third-order valence-corrected chi connectivity index (χ3v) is 3.16. The summed E-state index contributed by atoms with van der Waals surface area (Å²) in [6.45, 7) is 1.46. The van der Waals surface area contributed by atoms with Crippen LogP contribution in [0.4, 0.5) is 0 Å². The molecule has 1 rings (SSSR count). The third-order valence-electron chi connectivity index (χ3n) is 1.78. The van der Waals surface area contributed by atoms with Gasteiger partial charge in [0.15, 0.2) is 0 Å². The highest BCUT2D eigenvalue weighted by Crippen LogP contribution is 2.28. The summed E-state index contributed by atoms with van der Waals surface area (Å²) >= 11 is 1.14. The number of ketones is 1. The lowest BCUT2D eigenvalue weighted by Crippen LogP contribution is -2.10. The first-order valence-corrected chi connectivity index (χ1v) is 5.55. The molecule has 15 heavy (non-hydrogen) atoms. The number of carbonyl (C=O) groups excluding carboxylic acids is 1. The number of carboxylic acids is 1. The molecule has 0 aliphatic heterocycles. The Bertz CT molecular complexity index is 348. The maximum atomic E-state index is 11.0. The molecule has 0 bridgehead atoms. The van der Waals surface area contributed by atoms with Gasteiger partial charge in [0.05, 0.1) is 5.75 Å². The van der Waals surface area contributed by atoms with Gasteiger partial charge in [-0.05, 0) is 12.5 Å². The molecule has 0 aliphatic rings. The van der Waals surface area contributed by atoms with Gasteiger partial charge in [-0.1, -0.05) is 30.3 Å². The molecule has 1 N–H and O–H groups in total. The Hall–Kier alpha value is -1.29. The number of aliphatic carboxylic acids is 1. The van der Waals surface area contributed by atoms with E-state index in [1.54, 1.807) is 24.3 Å². The van der Waals surface area contributed by atoms with E-state index in [0.29, 0.717) is 0 Å². The number of thioether (sulfide) groups is 1. The first-order chi connectivity index (χ1) is 7.11. The summed E-state index contributed by atoms with van der Waals surface area (Å²) in [6, 6.07) is 8.93. The molecular formula is C11H12O3S. The lowest BCUT2D eigenvalue weighted by Gasteiger charge is -2.10. The van der Waals surface area contributed by atoms with E-state index in [-0.39, 0.29) is 11.5 Å². The Kier molecular flexibility index (Phi) is 4.37. The summed E-state index contributed by atoms with van der Waals surface area (Å²) in [5, 5.41) is 8.35. The van der Waals surface area contributed by atoms with Gasteiger partial charge in [-0.3, -0.25) is 9.59 Å². The van der Waals surface area contributed by atoms with Crippen molar-refractivity contribution in [2.24, 2.45) is 0 Å². The molecule has 0 saturated heterocycles. The smallest absolute Gasteiger partial charge is 0.321 e. The fourth-order valence-electron chi connectivity index (χ4n) is 1.14. The summed E-state index contributed by atoms with van der Waals surface area (Å²) in [4.78, 5) is 21.8. The van der Waals surface area contributed by atoms with Crippen LogP contribution in [0, 0.1) is 0 Å². The molecular weight excluding hydrogens is 212 g/mol. The third kappa shape index (κ3) is 3.75. The lowest BCUT2D eigenvalue weighted by molar-refractivity contribution is -0.136. The topological polar surface area (TPSA) is 54.4 Å². The van der Waals surface area contributed by atoms with Crippen molar-refractivity contribution in [1.29, 1.82) is 0 Å². The Morgan fingerprint density at radius 3 is 2.40 bits per heavy atom. The van der Waals surface area contributed by atoms with Gasteiger partial charge in [-0.2, -0.15) is 0 Å². The van der Waals surface area contributed by atoms with Gasteiger partial charge in [-0.25, -0.2) is 0 Å². The molecule has 0 radical (unpaired) electrons. The number of carboxylic acid groups (broad SMARTS) is 1. The lowest BCUT2D eigenvalue weighted by atomic mass is 10.1. The molecule has 0 spiro atoms. The van der Waals surface area contributed by atoms with Crippen molar-refractivity contribution in [3.8, 4) is 0 Å². The Balaban J connectivity index is 2.75. The van der Waals surface area contributed by atoms with E-state index < -0.39 is 11.2 Å². The number of Topliss-reactive ketones (excluding diaryl/α,β-unsaturated/α-hetero) is 1. The van der Waals surface area contributed by atoms with E-state index >= 15 is 0 Å². The second kappa shape index (κ2) is 5.56. The molecule has 0 heterocycles. The number of carbonyl (C=O) groups is 2. The van der Waals surface area contributed by atoms with Crippen LogP contribution in [0.15, 0.2) is 30.3 Å². The molecule has 80 valence electrons.